The monoisotopic (exact) mass is 411 g/mol. The summed E-state index contributed by atoms with van der Waals surface area (Å²) in [7, 11) is 1.79. The third-order valence-electron chi connectivity index (χ3n) is 4.61. The average molecular weight is 412 g/mol. The molecule has 1 aromatic carbocycles. The number of likely N-dealkylation sites (N-methyl/N-ethyl adjacent to an activating group) is 1. The molecule has 142 valence electrons. The lowest BCUT2D eigenvalue weighted by atomic mass is 10.0. The van der Waals surface area contributed by atoms with Gasteiger partial charge in [-0.25, -0.2) is 0 Å². The number of benzene rings is 1. The Bertz CT molecular complexity index is 705. The maximum atomic E-state index is 11.9. The Kier molecular flexibility index (Phi) is 8.44. The van der Waals surface area contributed by atoms with Gasteiger partial charge in [-0.15, -0.1) is 35.5 Å². The van der Waals surface area contributed by atoms with Gasteiger partial charge in [-0.2, -0.15) is 0 Å². The second-order valence-electron chi connectivity index (χ2n) is 6.21. The number of amides is 1. The molecule has 0 saturated carbocycles. The SMILES string of the molecule is CNCC(=O)NCC(c1ccc(SC)cc1)N1CCc2sccc2C1.Cl. The fourth-order valence-electron chi connectivity index (χ4n) is 3.25. The minimum Gasteiger partial charge on any atom is -0.353 e. The van der Waals surface area contributed by atoms with Crippen molar-refractivity contribution in [3.8, 4) is 0 Å². The number of nitrogens with one attached hydrogen (secondary N) is 2. The van der Waals surface area contributed by atoms with E-state index in [1.807, 2.05) is 11.3 Å². The number of thiophene rings is 1. The number of carbonyl (C=O) groups excluding carboxylic acids is 1. The first kappa shape index (κ1) is 21.3. The van der Waals surface area contributed by atoms with Gasteiger partial charge in [0.1, 0.15) is 0 Å². The highest BCUT2D eigenvalue weighted by Gasteiger charge is 2.25. The molecule has 1 atom stereocenters. The molecular formula is C19H26ClN3OS2. The standard InChI is InChI=1S/C19H25N3OS2.ClH/c1-20-12-19(23)21-11-17(14-3-5-16(24-2)6-4-14)22-9-7-18-15(13-22)8-10-25-18;/h3-6,8,10,17,20H,7,9,11-13H2,1-2H3,(H,21,23);1H. The smallest absolute Gasteiger partial charge is 0.234 e. The molecule has 0 fully saturated rings. The highest BCUT2D eigenvalue weighted by Crippen LogP contribution is 2.30. The first-order valence-electron chi connectivity index (χ1n) is 8.56. The zero-order chi connectivity index (χ0) is 17.6. The van der Waals surface area contributed by atoms with Gasteiger partial charge in [-0.3, -0.25) is 9.69 Å². The van der Waals surface area contributed by atoms with Crippen molar-refractivity contribution in [1.82, 2.24) is 15.5 Å². The lowest BCUT2D eigenvalue weighted by Gasteiger charge is -2.35. The molecule has 1 unspecified atom stereocenters. The van der Waals surface area contributed by atoms with E-state index in [2.05, 4.69) is 57.5 Å². The van der Waals surface area contributed by atoms with Gasteiger partial charge < -0.3 is 10.6 Å². The third kappa shape index (κ3) is 5.24. The van der Waals surface area contributed by atoms with Crippen LogP contribution in [0, 0.1) is 0 Å². The van der Waals surface area contributed by atoms with E-state index < -0.39 is 0 Å². The van der Waals surface area contributed by atoms with Crippen LogP contribution >= 0.6 is 35.5 Å². The van der Waals surface area contributed by atoms with E-state index in [9.17, 15) is 4.79 Å². The molecule has 0 saturated heterocycles. The van der Waals surface area contributed by atoms with Gasteiger partial charge in [0.25, 0.3) is 0 Å². The molecule has 1 aliphatic rings. The summed E-state index contributed by atoms with van der Waals surface area (Å²) in [6, 6.07) is 11.2. The molecule has 2 heterocycles. The van der Waals surface area contributed by atoms with Crippen LogP contribution in [0.2, 0.25) is 0 Å². The number of thioether (sulfide) groups is 1. The maximum absolute atomic E-state index is 11.9. The summed E-state index contributed by atoms with van der Waals surface area (Å²) in [5.74, 6) is 0.0430. The van der Waals surface area contributed by atoms with Crippen LogP contribution in [0.5, 0.6) is 0 Å². The van der Waals surface area contributed by atoms with E-state index in [1.165, 1.54) is 20.9 Å². The average Bonchev–Trinajstić information content (AvgIpc) is 3.10. The van der Waals surface area contributed by atoms with Gasteiger partial charge >= 0.3 is 0 Å². The lowest BCUT2D eigenvalue weighted by molar-refractivity contribution is -0.120. The molecule has 1 amide bonds. The van der Waals surface area contributed by atoms with Crippen LogP contribution in [0.4, 0.5) is 0 Å². The second kappa shape index (κ2) is 10.3. The molecule has 7 heteroatoms. The summed E-state index contributed by atoms with van der Waals surface area (Å²) in [6.45, 7) is 2.98. The number of fused-ring (bicyclic) bond motifs is 1. The molecule has 2 N–H and O–H groups in total. The van der Waals surface area contributed by atoms with Gasteiger partial charge in [0.15, 0.2) is 0 Å². The van der Waals surface area contributed by atoms with Crippen LogP contribution in [-0.2, 0) is 17.8 Å². The topological polar surface area (TPSA) is 44.4 Å². The molecule has 4 nitrogen and oxygen atoms in total. The lowest BCUT2D eigenvalue weighted by Crippen LogP contribution is -2.42. The van der Waals surface area contributed by atoms with Crippen molar-refractivity contribution in [1.29, 1.82) is 0 Å². The van der Waals surface area contributed by atoms with E-state index in [1.54, 1.807) is 18.8 Å². The predicted molar refractivity (Wildman–Crippen MR) is 114 cm³/mol. The Balaban J connectivity index is 0.00000243. The predicted octanol–water partition coefficient (Wildman–Crippen LogP) is 3.33. The van der Waals surface area contributed by atoms with Crippen molar-refractivity contribution in [2.45, 2.75) is 23.9 Å². The second-order valence-corrected chi connectivity index (χ2v) is 8.09. The van der Waals surface area contributed by atoms with Crippen LogP contribution in [0.25, 0.3) is 0 Å². The summed E-state index contributed by atoms with van der Waals surface area (Å²) in [6.07, 6.45) is 3.18. The summed E-state index contributed by atoms with van der Waals surface area (Å²) >= 11 is 3.61. The number of carbonyl (C=O) groups is 1. The Morgan fingerprint density at radius 2 is 2.08 bits per heavy atom. The van der Waals surface area contributed by atoms with Crippen molar-refractivity contribution >= 4 is 41.4 Å². The zero-order valence-corrected chi connectivity index (χ0v) is 17.6. The number of nitrogens with zero attached hydrogens (tertiary/aromatic N) is 1. The van der Waals surface area contributed by atoms with Crippen LogP contribution in [0.15, 0.2) is 40.6 Å². The Morgan fingerprint density at radius 1 is 1.31 bits per heavy atom. The molecule has 0 radical (unpaired) electrons. The molecule has 0 aliphatic carbocycles. The Morgan fingerprint density at radius 3 is 2.77 bits per heavy atom. The molecule has 2 aromatic rings. The molecule has 26 heavy (non-hydrogen) atoms. The first-order chi connectivity index (χ1) is 12.2. The summed E-state index contributed by atoms with van der Waals surface area (Å²) in [4.78, 5) is 17.2. The number of hydrogen-bond acceptors (Lipinski definition) is 5. The van der Waals surface area contributed by atoms with Crippen molar-refractivity contribution in [3.63, 3.8) is 0 Å². The summed E-state index contributed by atoms with van der Waals surface area (Å²) in [5.41, 5.74) is 2.70. The molecule has 1 aromatic heterocycles. The number of hydrogen-bond donors (Lipinski definition) is 2. The van der Waals surface area contributed by atoms with Gasteiger partial charge in [-0.05, 0) is 54.4 Å². The van der Waals surface area contributed by atoms with Gasteiger partial charge in [0.2, 0.25) is 5.91 Å². The van der Waals surface area contributed by atoms with Crippen LogP contribution in [0.1, 0.15) is 22.0 Å². The molecule has 1 aliphatic heterocycles. The molecule has 0 bridgehead atoms. The van der Waals surface area contributed by atoms with Crippen LogP contribution in [-0.4, -0.2) is 43.7 Å². The maximum Gasteiger partial charge on any atom is 0.234 e. The van der Waals surface area contributed by atoms with Crippen molar-refractivity contribution in [3.05, 3.63) is 51.7 Å². The van der Waals surface area contributed by atoms with Gasteiger partial charge in [-0.1, -0.05) is 12.1 Å². The zero-order valence-electron chi connectivity index (χ0n) is 15.2. The van der Waals surface area contributed by atoms with E-state index >= 15 is 0 Å². The Labute approximate surface area is 170 Å². The fourth-order valence-corrected chi connectivity index (χ4v) is 4.55. The minimum atomic E-state index is 0. The Hall–Kier alpha value is -1.05. The third-order valence-corrected chi connectivity index (χ3v) is 6.38. The normalized spacial score (nSPS) is 15.0. The van der Waals surface area contributed by atoms with Crippen molar-refractivity contribution in [2.24, 2.45) is 0 Å². The molecular weight excluding hydrogens is 386 g/mol. The van der Waals surface area contributed by atoms with Crippen LogP contribution in [0.3, 0.4) is 0 Å². The highest BCUT2D eigenvalue weighted by molar-refractivity contribution is 7.98. The van der Waals surface area contributed by atoms with Gasteiger partial charge in [0.05, 0.1) is 12.6 Å². The van der Waals surface area contributed by atoms with Crippen molar-refractivity contribution in [2.75, 3.05) is 32.9 Å². The summed E-state index contributed by atoms with van der Waals surface area (Å²) < 4.78 is 0. The quantitative estimate of drug-likeness (QED) is 0.686. The summed E-state index contributed by atoms with van der Waals surface area (Å²) in [5, 5.41) is 8.17. The highest BCUT2D eigenvalue weighted by atomic mass is 35.5. The van der Waals surface area contributed by atoms with E-state index in [0.29, 0.717) is 13.1 Å². The first-order valence-corrected chi connectivity index (χ1v) is 10.7. The van der Waals surface area contributed by atoms with E-state index in [-0.39, 0.29) is 24.4 Å². The molecule has 0 spiro atoms. The minimum absolute atomic E-state index is 0. The number of halogens is 1. The van der Waals surface area contributed by atoms with Gasteiger partial charge in [0, 0.05) is 29.4 Å². The van der Waals surface area contributed by atoms with E-state index in [0.717, 1.165) is 19.5 Å². The van der Waals surface area contributed by atoms with Crippen molar-refractivity contribution < 1.29 is 4.79 Å². The fraction of sp³-hybridized carbons (Fsp3) is 0.421. The van der Waals surface area contributed by atoms with E-state index in [4.69, 9.17) is 0 Å². The van der Waals surface area contributed by atoms with Crippen LogP contribution < -0.4 is 10.6 Å². The number of rotatable bonds is 7. The largest absolute Gasteiger partial charge is 0.353 e. The molecule has 3 rings (SSSR count).